The van der Waals surface area contributed by atoms with Gasteiger partial charge in [-0.2, -0.15) is 0 Å². The molecule has 118 valence electrons. The first-order chi connectivity index (χ1) is 10.6. The highest BCUT2D eigenvalue weighted by molar-refractivity contribution is 6.39. The van der Waals surface area contributed by atoms with E-state index in [1.165, 1.54) is 0 Å². The average molecular weight is 304 g/mol. The summed E-state index contributed by atoms with van der Waals surface area (Å²) in [5.74, 6) is -1.64. The predicted molar refractivity (Wildman–Crippen MR) is 80.3 cm³/mol. The Kier molecular flexibility index (Phi) is 4.13. The number of para-hydroxylation sites is 1. The molecule has 0 aliphatic carbocycles. The smallest absolute Gasteiger partial charge is 0.313 e. The van der Waals surface area contributed by atoms with E-state index in [1.807, 2.05) is 25.1 Å². The second kappa shape index (κ2) is 6.06. The zero-order valence-electron chi connectivity index (χ0n) is 12.6. The number of ether oxygens (including phenoxy) is 2. The van der Waals surface area contributed by atoms with Crippen molar-refractivity contribution >= 4 is 17.5 Å². The zero-order chi connectivity index (χ0) is 15.6. The fourth-order valence-electron chi connectivity index (χ4n) is 2.87. The number of amides is 2. The second-order valence-corrected chi connectivity index (χ2v) is 5.67. The lowest BCUT2D eigenvalue weighted by atomic mass is 10.0. The number of nitrogens with zero attached hydrogens (tertiary/aromatic N) is 1. The maximum atomic E-state index is 12.2. The lowest BCUT2D eigenvalue weighted by Crippen LogP contribution is -2.50. The summed E-state index contributed by atoms with van der Waals surface area (Å²) in [5, 5.41) is 2.68. The van der Waals surface area contributed by atoms with Gasteiger partial charge in [0.1, 0.15) is 0 Å². The summed E-state index contributed by atoms with van der Waals surface area (Å²) in [6.45, 7) is 4.03. The van der Waals surface area contributed by atoms with Gasteiger partial charge in [-0.3, -0.25) is 9.59 Å². The van der Waals surface area contributed by atoms with Gasteiger partial charge >= 0.3 is 11.8 Å². The molecule has 2 aliphatic rings. The lowest BCUT2D eigenvalue weighted by molar-refractivity contribution is -0.187. The van der Waals surface area contributed by atoms with Gasteiger partial charge in [0, 0.05) is 31.6 Å². The van der Waals surface area contributed by atoms with Crippen LogP contribution in [0.1, 0.15) is 18.4 Å². The average Bonchev–Trinajstić information content (AvgIpc) is 2.98. The van der Waals surface area contributed by atoms with Crippen LogP contribution in [0.4, 0.5) is 5.69 Å². The molecule has 2 amide bonds. The summed E-state index contributed by atoms with van der Waals surface area (Å²) in [4.78, 5) is 25.9. The van der Waals surface area contributed by atoms with Crippen LogP contribution in [0.15, 0.2) is 24.3 Å². The molecule has 1 aromatic rings. The third-order valence-electron chi connectivity index (χ3n) is 4.21. The number of aryl methyl sites for hydroxylation is 1. The number of rotatable bonds is 1. The van der Waals surface area contributed by atoms with E-state index in [1.54, 1.807) is 11.0 Å². The largest absolute Gasteiger partial charge is 0.347 e. The molecular weight excluding hydrogens is 284 g/mol. The van der Waals surface area contributed by atoms with Crippen LogP contribution in [-0.4, -0.2) is 48.8 Å². The van der Waals surface area contributed by atoms with Crippen molar-refractivity contribution in [1.29, 1.82) is 0 Å². The van der Waals surface area contributed by atoms with E-state index in [4.69, 9.17) is 9.47 Å². The van der Waals surface area contributed by atoms with Gasteiger partial charge in [-0.1, -0.05) is 18.2 Å². The molecule has 0 unspecified atom stereocenters. The monoisotopic (exact) mass is 304 g/mol. The highest BCUT2D eigenvalue weighted by atomic mass is 16.7. The lowest BCUT2D eigenvalue weighted by Gasteiger charge is -2.37. The van der Waals surface area contributed by atoms with Crippen molar-refractivity contribution in [2.45, 2.75) is 25.6 Å². The summed E-state index contributed by atoms with van der Waals surface area (Å²) in [6.07, 6.45) is 1.22. The standard InChI is InChI=1S/C16H20N2O4/c1-12-4-2-3-5-13(12)17-14(19)15(20)18-8-6-16(7-9-18)21-10-11-22-16/h2-5H,6-11H2,1H3,(H,17,19). The van der Waals surface area contributed by atoms with Gasteiger partial charge in [0.15, 0.2) is 5.79 Å². The Hall–Kier alpha value is -1.92. The normalized spacial score (nSPS) is 20.1. The van der Waals surface area contributed by atoms with Gasteiger partial charge in [0.2, 0.25) is 0 Å². The van der Waals surface area contributed by atoms with Crippen molar-refractivity contribution in [2.75, 3.05) is 31.6 Å². The molecule has 22 heavy (non-hydrogen) atoms. The quantitative estimate of drug-likeness (QED) is 0.794. The number of piperidine rings is 1. The fraction of sp³-hybridized carbons (Fsp3) is 0.500. The number of benzene rings is 1. The Morgan fingerprint density at radius 1 is 1.14 bits per heavy atom. The molecule has 1 N–H and O–H groups in total. The number of likely N-dealkylation sites (tertiary alicyclic amines) is 1. The highest BCUT2D eigenvalue weighted by Gasteiger charge is 2.41. The van der Waals surface area contributed by atoms with Gasteiger partial charge in [-0.25, -0.2) is 0 Å². The molecule has 1 spiro atoms. The molecule has 2 heterocycles. The van der Waals surface area contributed by atoms with E-state index in [-0.39, 0.29) is 0 Å². The third kappa shape index (κ3) is 2.98. The first kappa shape index (κ1) is 15.0. The first-order valence-electron chi connectivity index (χ1n) is 7.53. The Morgan fingerprint density at radius 3 is 2.41 bits per heavy atom. The van der Waals surface area contributed by atoms with E-state index in [9.17, 15) is 9.59 Å². The molecule has 1 aromatic carbocycles. The maximum Gasteiger partial charge on any atom is 0.313 e. The topological polar surface area (TPSA) is 67.9 Å². The maximum absolute atomic E-state index is 12.2. The molecule has 0 atom stereocenters. The van der Waals surface area contributed by atoms with Crippen LogP contribution in [0.25, 0.3) is 0 Å². The van der Waals surface area contributed by atoms with Crippen molar-refractivity contribution < 1.29 is 19.1 Å². The van der Waals surface area contributed by atoms with Crippen LogP contribution in [-0.2, 0) is 19.1 Å². The zero-order valence-corrected chi connectivity index (χ0v) is 12.6. The van der Waals surface area contributed by atoms with Crippen molar-refractivity contribution in [3.63, 3.8) is 0 Å². The Balaban J connectivity index is 1.58. The van der Waals surface area contributed by atoms with Gasteiger partial charge < -0.3 is 19.7 Å². The summed E-state index contributed by atoms with van der Waals surface area (Å²) in [7, 11) is 0. The van der Waals surface area contributed by atoms with E-state index >= 15 is 0 Å². The summed E-state index contributed by atoms with van der Waals surface area (Å²) < 4.78 is 11.2. The molecule has 3 rings (SSSR count). The SMILES string of the molecule is Cc1ccccc1NC(=O)C(=O)N1CCC2(CC1)OCCO2. The minimum atomic E-state index is -0.599. The predicted octanol–water partition coefficient (Wildman–Crippen LogP) is 1.30. The van der Waals surface area contributed by atoms with Gasteiger partial charge in [0.25, 0.3) is 0 Å². The van der Waals surface area contributed by atoms with E-state index in [2.05, 4.69) is 5.32 Å². The van der Waals surface area contributed by atoms with E-state index in [0.717, 1.165) is 5.56 Å². The number of hydrogen-bond acceptors (Lipinski definition) is 4. The van der Waals surface area contributed by atoms with Crippen molar-refractivity contribution in [3.05, 3.63) is 29.8 Å². The van der Waals surface area contributed by atoms with E-state index < -0.39 is 17.6 Å². The minimum Gasteiger partial charge on any atom is -0.347 e. The van der Waals surface area contributed by atoms with Crippen LogP contribution in [0.2, 0.25) is 0 Å². The molecule has 0 bridgehead atoms. The van der Waals surface area contributed by atoms with Crippen LogP contribution in [0.5, 0.6) is 0 Å². The molecule has 0 radical (unpaired) electrons. The molecule has 2 fully saturated rings. The Labute approximate surface area is 129 Å². The fourth-order valence-corrected chi connectivity index (χ4v) is 2.87. The van der Waals surface area contributed by atoms with Crippen molar-refractivity contribution in [3.8, 4) is 0 Å². The summed E-state index contributed by atoms with van der Waals surface area (Å²) >= 11 is 0. The minimum absolute atomic E-state index is 0.472. The Bertz CT molecular complexity index is 571. The van der Waals surface area contributed by atoms with Gasteiger partial charge in [-0.05, 0) is 18.6 Å². The molecule has 2 aliphatic heterocycles. The summed E-state index contributed by atoms with van der Waals surface area (Å²) in [6, 6.07) is 7.39. The number of carbonyl (C=O) groups is 2. The second-order valence-electron chi connectivity index (χ2n) is 5.67. The first-order valence-corrected chi connectivity index (χ1v) is 7.53. The number of hydrogen-bond donors (Lipinski definition) is 1. The molecule has 2 saturated heterocycles. The molecular formula is C16H20N2O4. The molecule has 6 nitrogen and oxygen atoms in total. The van der Waals surface area contributed by atoms with Crippen LogP contribution < -0.4 is 5.32 Å². The molecule has 0 aromatic heterocycles. The van der Waals surface area contributed by atoms with E-state index in [0.29, 0.717) is 44.8 Å². The van der Waals surface area contributed by atoms with Crippen LogP contribution in [0.3, 0.4) is 0 Å². The van der Waals surface area contributed by atoms with Crippen LogP contribution in [0, 0.1) is 6.92 Å². The van der Waals surface area contributed by atoms with Gasteiger partial charge in [-0.15, -0.1) is 0 Å². The molecule has 0 saturated carbocycles. The van der Waals surface area contributed by atoms with Gasteiger partial charge in [0.05, 0.1) is 13.2 Å². The summed E-state index contributed by atoms with van der Waals surface area (Å²) in [5.41, 5.74) is 1.59. The highest BCUT2D eigenvalue weighted by Crippen LogP contribution is 2.31. The third-order valence-corrected chi connectivity index (χ3v) is 4.21. The van der Waals surface area contributed by atoms with Crippen molar-refractivity contribution in [1.82, 2.24) is 4.90 Å². The van der Waals surface area contributed by atoms with Crippen molar-refractivity contribution in [2.24, 2.45) is 0 Å². The Morgan fingerprint density at radius 2 is 1.77 bits per heavy atom. The molecule has 6 heteroatoms. The number of carbonyl (C=O) groups excluding carboxylic acids is 2. The number of nitrogens with one attached hydrogen (secondary N) is 1. The number of anilines is 1. The van der Waals surface area contributed by atoms with Crippen LogP contribution >= 0.6 is 0 Å².